The third-order valence-corrected chi connectivity index (χ3v) is 5.52. The van der Waals surface area contributed by atoms with Crippen molar-refractivity contribution in [3.63, 3.8) is 0 Å². The van der Waals surface area contributed by atoms with E-state index in [0.717, 1.165) is 22.3 Å². The highest BCUT2D eigenvalue weighted by molar-refractivity contribution is 5.89. The van der Waals surface area contributed by atoms with Crippen molar-refractivity contribution in [1.82, 2.24) is 10.6 Å². The molecule has 170 valence electrons. The number of hydrogen-bond donors (Lipinski definition) is 3. The van der Waals surface area contributed by atoms with Crippen LogP contribution >= 0.6 is 0 Å². The van der Waals surface area contributed by atoms with Crippen LogP contribution in [-0.2, 0) is 19.1 Å². The number of ether oxygens (including phenoxy) is 2. The first-order valence-electron chi connectivity index (χ1n) is 10.5. The average Bonchev–Trinajstić information content (AvgIpc) is 3.09. The standard InChI is InChI=1S/C24H28N2O6/c1-14(2)21(23(28)29)26-22(27)20(13-31-3)25-24(30)32-12-19-17-10-6-4-8-15(17)16-9-5-7-11-18(16)19/h4-11,14,19-21H,12-13H2,1-3H3,(H,25,30)(H,26,27)(H,28,29)/t20?,21-/m0/s1. The number of hydrogen-bond acceptors (Lipinski definition) is 5. The molecule has 2 aromatic carbocycles. The SMILES string of the molecule is COCC(NC(=O)OCC1c2ccccc2-c2ccccc21)C(=O)N[C@H](C(=O)O)C(C)C. The first-order chi connectivity index (χ1) is 15.3. The van der Waals surface area contributed by atoms with Crippen molar-refractivity contribution < 1.29 is 29.0 Å². The maximum Gasteiger partial charge on any atom is 0.407 e. The molecule has 0 heterocycles. The number of rotatable bonds is 9. The largest absolute Gasteiger partial charge is 0.480 e. The number of carboxylic acid groups (broad SMARTS) is 1. The summed E-state index contributed by atoms with van der Waals surface area (Å²) in [6.07, 6.45) is -0.777. The van der Waals surface area contributed by atoms with E-state index in [1.54, 1.807) is 13.8 Å². The Hall–Kier alpha value is -3.39. The summed E-state index contributed by atoms with van der Waals surface area (Å²) in [6, 6.07) is 13.8. The molecular formula is C24H28N2O6. The predicted molar refractivity (Wildman–Crippen MR) is 118 cm³/mol. The van der Waals surface area contributed by atoms with Gasteiger partial charge in [-0.2, -0.15) is 0 Å². The summed E-state index contributed by atoms with van der Waals surface area (Å²) < 4.78 is 10.5. The normalized spacial score (nSPS) is 14.2. The van der Waals surface area contributed by atoms with Crippen LogP contribution in [0.15, 0.2) is 48.5 Å². The second kappa shape index (κ2) is 10.3. The minimum Gasteiger partial charge on any atom is -0.480 e. The van der Waals surface area contributed by atoms with Gasteiger partial charge in [0.2, 0.25) is 5.91 Å². The fourth-order valence-corrected chi connectivity index (χ4v) is 3.90. The van der Waals surface area contributed by atoms with Gasteiger partial charge in [0.1, 0.15) is 18.7 Å². The fourth-order valence-electron chi connectivity index (χ4n) is 3.90. The summed E-state index contributed by atoms with van der Waals surface area (Å²) >= 11 is 0. The van der Waals surface area contributed by atoms with Gasteiger partial charge in [0.05, 0.1) is 6.61 Å². The van der Waals surface area contributed by atoms with E-state index < -0.39 is 30.1 Å². The lowest BCUT2D eigenvalue weighted by Crippen LogP contribution is -2.54. The van der Waals surface area contributed by atoms with Crippen molar-refractivity contribution in [3.8, 4) is 11.1 Å². The fraction of sp³-hybridized carbons (Fsp3) is 0.375. The van der Waals surface area contributed by atoms with Gasteiger partial charge in [-0.1, -0.05) is 62.4 Å². The number of carboxylic acids is 1. The highest BCUT2D eigenvalue weighted by Crippen LogP contribution is 2.44. The van der Waals surface area contributed by atoms with Gasteiger partial charge in [-0.25, -0.2) is 9.59 Å². The topological polar surface area (TPSA) is 114 Å². The molecule has 0 saturated carbocycles. The number of carbonyl (C=O) groups excluding carboxylic acids is 2. The van der Waals surface area contributed by atoms with Crippen LogP contribution in [0, 0.1) is 5.92 Å². The van der Waals surface area contributed by atoms with Gasteiger partial charge in [-0.15, -0.1) is 0 Å². The molecule has 0 bridgehead atoms. The van der Waals surface area contributed by atoms with Crippen LogP contribution in [0.1, 0.15) is 30.9 Å². The summed E-state index contributed by atoms with van der Waals surface area (Å²) in [7, 11) is 1.39. The smallest absolute Gasteiger partial charge is 0.407 e. The molecule has 0 spiro atoms. The Kier molecular flexibility index (Phi) is 7.48. The van der Waals surface area contributed by atoms with E-state index in [1.165, 1.54) is 7.11 Å². The van der Waals surface area contributed by atoms with E-state index in [2.05, 4.69) is 10.6 Å². The van der Waals surface area contributed by atoms with Gasteiger partial charge < -0.3 is 25.2 Å². The molecule has 0 fully saturated rings. The molecule has 2 amide bonds. The molecule has 1 unspecified atom stereocenters. The molecule has 3 N–H and O–H groups in total. The third kappa shape index (κ3) is 5.08. The Labute approximate surface area is 186 Å². The van der Waals surface area contributed by atoms with Crippen LogP contribution in [0.4, 0.5) is 4.79 Å². The summed E-state index contributed by atoms with van der Waals surface area (Å²) in [4.78, 5) is 36.4. The van der Waals surface area contributed by atoms with Crippen molar-refractivity contribution in [2.45, 2.75) is 31.8 Å². The monoisotopic (exact) mass is 440 g/mol. The van der Waals surface area contributed by atoms with Crippen molar-refractivity contribution in [2.24, 2.45) is 5.92 Å². The molecule has 3 rings (SSSR count). The lowest BCUT2D eigenvalue weighted by molar-refractivity contribution is -0.143. The number of methoxy groups -OCH3 is 1. The maximum absolute atomic E-state index is 12.6. The summed E-state index contributed by atoms with van der Waals surface area (Å²) in [5.74, 6) is -2.23. The van der Waals surface area contributed by atoms with Crippen LogP contribution in [0.5, 0.6) is 0 Å². The Balaban J connectivity index is 1.65. The van der Waals surface area contributed by atoms with E-state index >= 15 is 0 Å². The predicted octanol–water partition coefficient (Wildman–Crippen LogP) is 2.77. The molecular weight excluding hydrogens is 412 g/mol. The third-order valence-electron chi connectivity index (χ3n) is 5.52. The average molecular weight is 440 g/mol. The lowest BCUT2D eigenvalue weighted by Gasteiger charge is -2.23. The van der Waals surface area contributed by atoms with Gasteiger partial charge >= 0.3 is 12.1 Å². The number of benzene rings is 2. The van der Waals surface area contributed by atoms with E-state index in [0.29, 0.717) is 0 Å². The molecule has 8 heteroatoms. The molecule has 1 aliphatic rings. The van der Waals surface area contributed by atoms with Crippen LogP contribution in [0.25, 0.3) is 11.1 Å². The molecule has 2 aromatic rings. The van der Waals surface area contributed by atoms with E-state index in [1.807, 2.05) is 48.5 Å². The zero-order valence-electron chi connectivity index (χ0n) is 18.3. The Morgan fingerprint density at radius 1 is 0.969 bits per heavy atom. The minimum atomic E-state index is -1.15. The number of nitrogens with one attached hydrogen (secondary N) is 2. The molecule has 0 aliphatic heterocycles. The summed E-state index contributed by atoms with van der Waals surface area (Å²) in [6.45, 7) is 3.35. The first kappa shape index (κ1) is 23.3. The summed E-state index contributed by atoms with van der Waals surface area (Å²) in [5.41, 5.74) is 4.38. The Morgan fingerprint density at radius 3 is 2.03 bits per heavy atom. The minimum absolute atomic E-state index is 0.102. The second-order valence-corrected chi connectivity index (χ2v) is 8.05. The van der Waals surface area contributed by atoms with Crippen molar-refractivity contribution in [3.05, 3.63) is 59.7 Å². The zero-order chi connectivity index (χ0) is 23.3. The van der Waals surface area contributed by atoms with Crippen molar-refractivity contribution in [2.75, 3.05) is 20.3 Å². The molecule has 0 saturated heterocycles. The number of carbonyl (C=O) groups is 3. The number of aliphatic carboxylic acids is 1. The van der Waals surface area contributed by atoms with Crippen LogP contribution < -0.4 is 10.6 Å². The van der Waals surface area contributed by atoms with E-state index in [-0.39, 0.29) is 25.0 Å². The molecule has 8 nitrogen and oxygen atoms in total. The Morgan fingerprint density at radius 2 is 1.53 bits per heavy atom. The molecule has 0 radical (unpaired) electrons. The second-order valence-electron chi connectivity index (χ2n) is 8.05. The highest BCUT2D eigenvalue weighted by atomic mass is 16.5. The highest BCUT2D eigenvalue weighted by Gasteiger charge is 2.31. The van der Waals surface area contributed by atoms with Gasteiger partial charge in [0.15, 0.2) is 0 Å². The van der Waals surface area contributed by atoms with Crippen LogP contribution in [0.3, 0.4) is 0 Å². The van der Waals surface area contributed by atoms with E-state index in [4.69, 9.17) is 9.47 Å². The van der Waals surface area contributed by atoms with Crippen LogP contribution in [-0.4, -0.2) is 55.5 Å². The number of amides is 2. The van der Waals surface area contributed by atoms with E-state index in [9.17, 15) is 19.5 Å². The maximum atomic E-state index is 12.6. The number of fused-ring (bicyclic) bond motifs is 3. The van der Waals surface area contributed by atoms with Crippen LogP contribution in [0.2, 0.25) is 0 Å². The summed E-state index contributed by atoms with van der Waals surface area (Å²) in [5, 5.41) is 14.2. The zero-order valence-corrected chi connectivity index (χ0v) is 18.3. The first-order valence-corrected chi connectivity index (χ1v) is 10.5. The van der Waals surface area contributed by atoms with Crippen molar-refractivity contribution in [1.29, 1.82) is 0 Å². The molecule has 0 aromatic heterocycles. The lowest BCUT2D eigenvalue weighted by atomic mass is 9.98. The van der Waals surface area contributed by atoms with Crippen molar-refractivity contribution >= 4 is 18.0 Å². The van der Waals surface area contributed by atoms with Gasteiger partial charge in [-0.3, -0.25) is 4.79 Å². The quantitative estimate of drug-likeness (QED) is 0.553. The molecule has 2 atom stereocenters. The number of alkyl carbamates (subject to hydrolysis) is 1. The Bertz CT molecular complexity index is 944. The van der Waals surface area contributed by atoms with Gasteiger partial charge in [-0.05, 0) is 28.2 Å². The molecule has 1 aliphatic carbocycles. The van der Waals surface area contributed by atoms with Gasteiger partial charge in [0, 0.05) is 13.0 Å². The van der Waals surface area contributed by atoms with Gasteiger partial charge in [0.25, 0.3) is 0 Å². The molecule has 32 heavy (non-hydrogen) atoms.